The van der Waals surface area contributed by atoms with Crippen LogP contribution in [0.2, 0.25) is 0 Å². The van der Waals surface area contributed by atoms with Crippen LogP contribution in [0.1, 0.15) is 6.42 Å². The first-order valence-corrected chi connectivity index (χ1v) is 6.11. The van der Waals surface area contributed by atoms with Gasteiger partial charge in [-0.15, -0.1) is 24.1 Å². The largest absolute Gasteiger partial charge is 0.487 e. The van der Waals surface area contributed by atoms with Crippen molar-refractivity contribution in [1.82, 2.24) is 5.43 Å². The van der Waals surface area contributed by atoms with E-state index in [0.29, 0.717) is 6.42 Å². The summed E-state index contributed by atoms with van der Waals surface area (Å²) in [5, 5.41) is 0. The fourth-order valence-corrected chi connectivity index (χ4v) is 2.74. The van der Waals surface area contributed by atoms with Crippen molar-refractivity contribution in [2.75, 3.05) is 5.75 Å². The molecule has 0 radical (unpaired) electrons. The third-order valence-corrected chi connectivity index (χ3v) is 3.67. The molecule has 1 heterocycles. The lowest BCUT2D eigenvalue weighted by Crippen LogP contribution is -2.48. The third kappa shape index (κ3) is 2.33. The zero-order valence-corrected chi connectivity index (χ0v) is 9.67. The molecule has 84 valence electrons. The van der Waals surface area contributed by atoms with Crippen LogP contribution >= 0.6 is 11.8 Å². The number of benzene rings is 1. The highest BCUT2D eigenvalue weighted by molar-refractivity contribution is 7.99. The minimum Gasteiger partial charge on any atom is -0.487 e. The van der Waals surface area contributed by atoms with Gasteiger partial charge in [0, 0.05) is 17.1 Å². The SMILES string of the molecule is C#CCC(NN)C1CSc2ccccc2O1. The molecular formula is C12H14N2OS. The molecule has 16 heavy (non-hydrogen) atoms. The van der Waals surface area contributed by atoms with Gasteiger partial charge in [-0.05, 0) is 12.1 Å². The van der Waals surface area contributed by atoms with Crippen LogP contribution in [0.3, 0.4) is 0 Å². The molecule has 3 N–H and O–H groups in total. The first-order valence-electron chi connectivity index (χ1n) is 5.13. The van der Waals surface area contributed by atoms with Gasteiger partial charge in [0.15, 0.2) is 0 Å². The number of nitrogens with two attached hydrogens (primary N) is 1. The zero-order chi connectivity index (χ0) is 11.4. The lowest BCUT2D eigenvalue weighted by molar-refractivity contribution is 0.168. The molecule has 0 amide bonds. The Morgan fingerprint density at radius 1 is 1.62 bits per heavy atom. The Labute approximate surface area is 99.7 Å². The van der Waals surface area contributed by atoms with E-state index in [4.69, 9.17) is 17.0 Å². The van der Waals surface area contributed by atoms with Crippen LogP contribution in [-0.2, 0) is 0 Å². The van der Waals surface area contributed by atoms with E-state index in [1.165, 1.54) is 4.90 Å². The Morgan fingerprint density at radius 3 is 3.19 bits per heavy atom. The molecule has 4 heteroatoms. The van der Waals surface area contributed by atoms with Gasteiger partial charge in [0.05, 0.1) is 6.04 Å². The number of para-hydroxylation sites is 1. The summed E-state index contributed by atoms with van der Waals surface area (Å²) < 4.78 is 5.88. The highest BCUT2D eigenvalue weighted by atomic mass is 32.2. The molecule has 0 aromatic heterocycles. The van der Waals surface area contributed by atoms with Crippen LogP contribution in [0.4, 0.5) is 0 Å². The van der Waals surface area contributed by atoms with Crippen molar-refractivity contribution < 1.29 is 4.74 Å². The highest BCUT2D eigenvalue weighted by Gasteiger charge is 2.26. The summed E-state index contributed by atoms with van der Waals surface area (Å²) >= 11 is 1.78. The van der Waals surface area contributed by atoms with E-state index in [0.717, 1.165) is 11.5 Å². The van der Waals surface area contributed by atoms with Gasteiger partial charge in [0.1, 0.15) is 11.9 Å². The maximum absolute atomic E-state index is 5.88. The maximum atomic E-state index is 5.88. The van der Waals surface area contributed by atoms with E-state index >= 15 is 0 Å². The molecule has 0 saturated heterocycles. The zero-order valence-electron chi connectivity index (χ0n) is 8.85. The monoisotopic (exact) mass is 234 g/mol. The molecule has 2 unspecified atom stereocenters. The second-order valence-corrected chi connectivity index (χ2v) is 4.66. The molecule has 1 aromatic carbocycles. The minimum atomic E-state index is 0.00542. The van der Waals surface area contributed by atoms with Gasteiger partial charge < -0.3 is 4.74 Å². The summed E-state index contributed by atoms with van der Waals surface area (Å²) in [5.74, 6) is 9.87. The number of hydrogen-bond acceptors (Lipinski definition) is 4. The quantitative estimate of drug-likeness (QED) is 0.471. The number of hydrogen-bond donors (Lipinski definition) is 2. The molecular weight excluding hydrogens is 220 g/mol. The van der Waals surface area contributed by atoms with Crippen molar-refractivity contribution in [1.29, 1.82) is 0 Å². The van der Waals surface area contributed by atoms with Crippen molar-refractivity contribution in [3.63, 3.8) is 0 Å². The number of terminal acetylenes is 1. The van der Waals surface area contributed by atoms with E-state index in [1.807, 2.05) is 18.2 Å². The van der Waals surface area contributed by atoms with Crippen LogP contribution in [-0.4, -0.2) is 17.9 Å². The van der Waals surface area contributed by atoms with E-state index in [2.05, 4.69) is 17.4 Å². The van der Waals surface area contributed by atoms with Crippen molar-refractivity contribution >= 4 is 11.8 Å². The molecule has 0 spiro atoms. The van der Waals surface area contributed by atoms with Crippen LogP contribution < -0.4 is 16.0 Å². The number of fused-ring (bicyclic) bond motifs is 1. The Balaban J connectivity index is 2.10. The lowest BCUT2D eigenvalue weighted by atomic mass is 10.1. The van der Waals surface area contributed by atoms with Crippen LogP contribution in [0, 0.1) is 12.3 Å². The smallest absolute Gasteiger partial charge is 0.133 e. The van der Waals surface area contributed by atoms with Crippen molar-refractivity contribution in [3.8, 4) is 18.1 Å². The van der Waals surface area contributed by atoms with Crippen LogP contribution in [0.5, 0.6) is 5.75 Å². The molecule has 0 bridgehead atoms. The van der Waals surface area contributed by atoms with Crippen LogP contribution in [0.25, 0.3) is 0 Å². The Bertz CT molecular complexity index is 402. The number of ether oxygens (including phenoxy) is 1. The average Bonchev–Trinajstić information content (AvgIpc) is 2.35. The maximum Gasteiger partial charge on any atom is 0.133 e. The molecule has 0 fully saturated rings. The number of thioether (sulfide) groups is 1. The summed E-state index contributed by atoms with van der Waals surface area (Å²) in [6.45, 7) is 0. The molecule has 2 atom stereocenters. The molecule has 0 saturated carbocycles. The standard InChI is InChI=1S/C12H14N2OS/c1-2-5-9(14-13)11-8-16-12-7-4-3-6-10(12)15-11/h1,3-4,6-7,9,11,14H,5,8,13H2. The van der Waals surface area contributed by atoms with Crippen molar-refractivity contribution in [2.45, 2.75) is 23.5 Å². The highest BCUT2D eigenvalue weighted by Crippen LogP contribution is 2.35. The fraction of sp³-hybridized carbons (Fsp3) is 0.333. The van der Waals surface area contributed by atoms with Gasteiger partial charge in [-0.1, -0.05) is 12.1 Å². The van der Waals surface area contributed by atoms with E-state index in [1.54, 1.807) is 11.8 Å². The molecule has 3 nitrogen and oxygen atoms in total. The van der Waals surface area contributed by atoms with E-state index < -0.39 is 0 Å². The predicted molar refractivity (Wildman–Crippen MR) is 66.1 cm³/mol. The molecule has 1 aliphatic rings. The summed E-state index contributed by atoms with van der Waals surface area (Å²) in [7, 11) is 0. The second-order valence-electron chi connectivity index (χ2n) is 3.60. The third-order valence-electron chi connectivity index (χ3n) is 2.53. The average molecular weight is 234 g/mol. The summed E-state index contributed by atoms with van der Waals surface area (Å²) in [5.41, 5.74) is 2.72. The first kappa shape index (κ1) is 11.3. The van der Waals surface area contributed by atoms with Crippen molar-refractivity contribution in [3.05, 3.63) is 24.3 Å². The van der Waals surface area contributed by atoms with Gasteiger partial charge in [-0.25, -0.2) is 0 Å². The summed E-state index contributed by atoms with van der Waals surface area (Å²) in [4.78, 5) is 1.18. The van der Waals surface area contributed by atoms with Gasteiger partial charge in [0.25, 0.3) is 0 Å². The van der Waals surface area contributed by atoms with Gasteiger partial charge in [0.2, 0.25) is 0 Å². The molecule has 2 rings (SSSR count). The molecule has 1 aromatic rings. The van der Waals surface area contributed by atoms with Gasteiger partial charge in [-0.2, -0.15) is 0 Å². The van der Waals surface area contributed by atoms with E-state index in [9.17, 15) is 0 Å². The summed E-state index contributed by atoms with van der Waals surface area (Å²) in [6, 6.07) is 8.01. The predicted octanol–water partition coefficient (Wildman–Crippen LogP) is 1.39. The number of hydrazine groups is 1. The topological polar surface area (TPSA) is 47.3 Å². The first-order chi connectivity index (χ1) is 7.85. The number of nitrogens with one attached hydrogen (secondary N) is 1. The van der Waals surface area contributed by atoms with Gasteiger partial charge in [-0.3, -0.25) is 11.3 Å². The summed E-state index contributed by atoms with van der Waals surface area (Å²) in [6.07, 6.45) is 5.90. The Morgan fingerprint density at radius 2 is 2.44 bits per heavy atom. The van der Waals surface area contributed by atoms with E-state index in [-0.39, 0.29) is 12.1 Å². The second kappa shape index (κ2) is 5.26. The lowest BCUT2D eigenvalue weighted by Gasteiger charge is -2.30. The molecule has 0 aliphatic carbocycles. The Kier molecular flexibility index (Phi) is 3.73. The molecule has 1 aliphatic heterocycles. The normalized spacial score (nSPS) is 20.4. The van der Waals surface area contributed by atoms with Crippen LogP contribution in [0.15, 0.2) is 29.2 Å². The van der Waals surface area contributed by atoms with Gasteiger partial charge >= 0.3 is 0 Å². The Hall–Kier alpha value is -1.15. The minimum absolute atomic E-state index is 0.00542. The number of rotatable bonds is 3. The van der Waals surface area contributed by atoms with Crippen molar-refractivity contribution in [2.24, 2.45) is 5.84 Å². The fourth-order valence-electron chi connectivity index (χ4n) is 1.66.